The van der Waals surface area contributed by atoms with Gasteiger partial charge < -0.3 is 9.88 Å². The van der Waals surface area contributed by atoms with Gasteiger partial charge in [-0.15, -0.1) is 10.2 Å². The number of carbonyl (C=O) groups is 1. The van der Waals surface area contributed by atoms with Crippen molar-refractivity contribution in [1.29, 1.82) is 0 Å². The fourth-order valence-electron chi connectivity index (χ4n) is 2.17. The molecule has 1 unspecified atom stereocenters. The number of nitrogens with one attached hydrogen (secondary N) is 1. The first kappa shape index (κ1) is 12.5. The molecule has 6 heteroatoms. The zero-order chi connectivity index (χ0) is 12.3. The Bertz CT molecular complexity index is 404. The quantitative estimate of drug-likeness (QED) is 0.862. The van der Waals surface area contributed by atoms with E-state index < -0.39 is 0 Å². The minimum absolute atomic E-state index is 0.0246. The second-order valence-electron chi connectivity index (χ2n) is 4.36. The molecule has 0 spiro atoms. The molecule has 1 amide bonds. The number of carbonyl (C=O) groups excluding carboxylic acids is 1. The molecule has 0 bridgehead atoms. The Morgan fingerprint density at radius 1 is 1.47 bits per heavy atom. The first-order chi connectivity index (χ1) is 8.22. The van der Waals surface area contributed by atoms with Gasteiger partial charge in [0.2, 0.25) is 5.91 Å². The maximum absolute atomic E-state index is 11.3. The lowest BCUT2D eigenvalue weighted by Gasteiger charge is -2.14. The van der Waals surface area contributed by atoms with E-state index >= 15 is 0 Å². The van der Waals surface area contributed by atoms with Crippen LogP contribution in [-0.4, -0.2) is 26.0 Å². The number of hydrogen-bond donors (Lipinski definition) is 1. The van der Waals surface area contributed by atoms with Crippen molar-refractivity contribution in [2.24, 2.45) is 0 Å². The van der Waals surface area contributed by atoms with E-state index in [1.165, 1.54) is 12.8 Å². The van der Waals surface area contributed by atoms with E-state index in [0.717, 1.165) is 31.0 Å². The molecule has 1 aliphatic rings. The maximum atomic E-state index is 11.3. The molecule has 0 saturated carbocycles. The second-order valence-corrected chi connectivity index (χ2v) is 4.92. The van der Waals surface area contributed by atoms with Crippen molar-refractivity contribution in [3.8, 4) is 0 Å². The molecule has 17 heavy (non-hydrogen) atoms. The highest BCUT2D eigenvalue weighted by Gasteiger charge is 2.19. The SMILES string of the molecule is CC(NC(=O)CBr)c1nnc2n1CCCCC2. The number of nitrogens with zero attached hydrogens (tertiary/aromatic N) is 3. The highest BCUT2D eigenvalue weighted by Crippen LogP contribution is 2.18. The van der Waals surface area contributed by atoms with Gasteiger partial charge in [-0.3, -0.25) is 4.79 Å². The summed E-state index contributed by atoms with van der Waals surface area (Å²) in [6, 6.07) is -0.0839. The number of alkyl halides is 1. The summed E-state index contributed by atoms with van der Waals surface area (Å²) >= 11 is 3.14. The molecule has 94 valence electrons. The maximum Gasteiger partial charge on any atom is 0.231 e. The van der Waals surface area contributed by atoms with E-state index in [-0.39, 0.29) is 11.9 Å². The second kappa shape index (κ2) is 5.62. The van der Waals surface area contributed by atoms with Crippen molar-refractivity contribution in [2.45, 2.75) is 45.2 Å². The van der Waals surface area contributed by atoms with Crippen LogP contribution in [0.4, 0.5) is 0 Å². The molecular formula is C11H17BrN4O. The van der Waals surface area contributed by atoms with E-state index in [1.807, 2.05) is 6.92 Å². The van der Waals surface area contributed by atoms with Crippen LogP contribution >= 0.6 is 15.9 Å². The lowest BCUT2D eigenvalue weighted by molar-refractivity contribution is -0.119. The van der Waals surface area contributed by atoms with Crippen molar-refractivity contribution in [1.82, 2.24) is 20.1 Å². The molecule has 0 radical (unpaired) electrons. The molecule has 0 fully saturated rings. The zero-order valence-corrected chi connectivity index (χ0v) is 11.5. The Morgan fingerprint density at radius 3 is 3.06 bits per heavy atom. The molecule has 0 aromatic carbocycles. The van der Waals surface area contributed by atoms with Crippen LogP contribution < -0.4 is 5.32 Å². The van der Waals surface area contributed by atoms with E-state index in [9.17, 15) is 4.79 Å². The average molecular weight is 301 g/mol. The van der Waals surface area contributed by atoms with Crippen LogP contribution in [0, 0.1) is 0 Å². The number of hydrogen-bond acceptors (Lipinski definition) is 3. The molecule has 1 aromatic heterocycles. The number of aryl methyl sites for hydroxylation is 1. The minimum Gasteiger partial charge on any atom is -0.346 e. The van der Waals surface area contributed by atoms with Crippen LogP contribution in [0.25, 0.3) is 0 Å². The molecule has 0 saturated heterocycles. The Morgan fingerprint density at radius 2 is 2.29 bits per heavy atom. The van der Waals surface area contributed by atoms with E-state index in [1.54, 1.807) is 0 Å². The summed E-state index contributed by atoms with van der Waals surface area (Å²) in [6.45, 7) is 2.91. The van der Waals surface area contributed by atoms with Crippen molar-refractivity contribution in [2.75, 3.05) is 5.33 Å². The van der Waals surface area contributed by atoms with Gasteiger partial charge in [0.25, 0.3) is 0 Å². The summed E-state index contributed by atoms with van der Waals surface area (Å²) in [5, 5.41) is 11.6. The molecule has 2 heterocycles. The Kier molecular flexibility index (Phi) is 4.15. The number of rotatable bonds is 3. The lowest BCUT2D eigenvalue weighted by atomic mass is 10.2. The lowest BCUT2D eigenvalue weighted by Crippen LogP contribution is -2.29. The average Bonchev–Trinajstić information content (AvgIpc) is 2.58. The first-order valence-electron chi connectivity index (χ1n) is 5.99. The topological polar surface area (TPSA) is 59.8 Å². The largest absolute Gasteiger partial charge is 0.346 e. The van der Waals surface area contributed by atoms with Gasteiger partial charge in [-0.2, -0.15) is 0 Å². The summed E-state index contributed by atoms with van der Waals surface area (Å²) in [5.41, 5.74) is 0. The monoisotopic (exact) mass is 300 g/mol. The van der Waals surface area contributed by atoms with Crippen molar-refractivity contribution in [3.05, 3.63) is 11.6 Å². The predicted molar refractivity (Wildman–Crippen MR) is 67.9 cm³/mol. The number of aromatic nitrogens is 3. The number of halogens is 1. The van der Waals surface area contributed by atoms with Gasteiger partial charge in [-0.05, 0) is 19.8 Å². The highest BCUT2D eigenvalue weighted by atomic mass is 79.9. The Hall–Kier alpha value is -0.910. The molecule has 5 nitrogen and oxygen atoms in total. The smallest absolute Gasteiger partial charge is 0.231 e. The molecule has 2 rings (SSSR count). The predicted octanol–water partition coefficient (Wildman–Crippen LogP) is 1.58. The van der Waals surface area contributed by atoms with Crippen LogP contribution in [0.1, 0.15) is 43.9 Å². The van der Waals surface area contributed by atoms with Crippen LogP contribution in [0.2, 0.25) is 0 Å². The van der Waals surface area contributed by atoms with Gasteiger partial charge >= 0.3 is 0 Å². The van der Waals surface area contributed by atoms with Gasteiger partial charge in [-0.25, -0.2) is 0 Å². The third-order valence-electron chi connectivity index (χ3n) is 3.02. The molecule has 0 aliphatic carbocycles. The van der Waals surface area contributed by atoms with Crippen LogP contribution in [0.15, 0.2) is 0 Å². The Labute approximate surface area is 109 Å². The minimum atomic E-state index is -0.0839. The van der Waals surface area contributed by atoms with Crippen LogP contribution in [-0.2, 0) is 17.8 Å². The molecule has 1 atom stereocenters. The summed E-state index contributed by atoms with van der Waals surface area (Å²) in [7, 11) is 0. The summed E-state index contributed by atoms with van der Waals surface area (Å²) in [6.07, 6.45) is 4.58. The van der Waals surface area contributed by atoms with E-state index in [4.69, 9.17) is 0 Å². The molecule has 1 N–H and O–H groups in total. The third kappa shape index (κ3) is 2.86. The van der Waals surface area contributed by atoms with E-state index in [0.29, 0.717) is 5.33 Å². The fraction of sp³-hybridized carbons (Fsp3) is 0.727. The molecule has 1 aromatic rings. The van der Waals surface area contributed by atoms with Gasteiger partial charge in [0.05, 0.1) is 11.4 Å². The Balaban J connectivity index is 2.15. The summed E-state index contributed by atoms with van der Waals surface area (Å²) in [5.74, 6) is 1.90. The van der Waals surface area contributed by atoms with E-state index in [2.05, 4.69) is 36.0 Å². The van der Waals surface area contributed by atoms with Gasteiger partial charge in [0, 0.05) is 13.0 Å². The van der Waals surface area contributed by atoms with Gasteiger partial charge in [0.1, 0.15) is 5.82 Å². The van der Waals surface area contributed by atoms with Crippen LogP contribution in [0.3, 0.4) is 0 Å². The molecule has 1 aliphatic heterocycles. The standard InChI is InChI=1S/C11H17BrN4O/c1-8(13-10(17)7-12)11-15-14-9-5-3-2-4-6-16(9)11/h8H,2-7H2,1H3,(H,13,17). The number of fused-ring (bicyclic) bond motifs is 1. The molecular weight excluding hydrogens is 284 g/mol. The van der Waals surface area contributed by atoms with Crippen LogP contribution in [0.5, 0.6) is 0 Å². The zero-order valence-electron chi connectivity index (χ0n) is 9.95. The normalized spacial score (nSPS) is 17.1. The van der Waals surface area contributed by atoms with Gasteiger partial charge in [0.15, 0.2) is 5.82 Å². The first-order valence-corrected chi connectivity index (χ1v) is 7.12. The van der Waals surface area contributed by atoms with Gasteiger partial charge in [-0.1, -0.05) is 22.4 Å². The number of amides is 1. The summed E-state index contributed by atoms with van der Waals surface area (Å²) in [4.78, 5) is 11.3. The summed E-state index contributed by atoms with van der Waals surface area (Å²) < 4.78 is 2.16. The third-order valence-corrected chi connectivity index (χ3v) is 3.53. The van der Waals surface area contributed by atoms with Crippen molar-refractivity contribution in [3.63, 3.8) is 0 Å². The van der Waals surface area contributed by atoms with Crippen molar-refractivity contribution >= 4 is 21.8 Å². The van der Waals surface area contributed by atoms with Crippen molar-refractivity contribution < 1.29 is 4.79 Å². The fourth-order valence-corrected chi connectivity index (χ4v) is 2.33. The highest BCUT2D eigenvalue weighted by molar-refractivity contribution is 9.09.